The van der Waals surface area contributed by atoms with Gasteiger partial charge in [-0.2, -0.15) is 0 Å². The second-order valence-corrected chi connectivity index (χ2v) is 7.25. The minimum absolute atomic E-state index is 0.0839. The molecule has 3 rings (SSSR count). The van der Waals surface area contributed by atoms with E-state index in [1.165, 1.54) is 17.9 Å². The lowest BCUT2D eigenvalue weighted by Gasteiger charge is -2.24. The molecule has 1 aliphatic rings. The van der Waals surface area contributed by atoms with E-state index in [-0.39, 0.29) is 23.2 Å². The smallest absolute Gasteiger partial charge is 0.256 e. The predicted octanol–water partition coefficient (Wildman–Crippen LogP) is 4.44. The van der Waals surface area contributed by atoms with E-state index >= 15 is 0 Å². The Morgan fingerprint density at radius 1 is 1.11 bits per heavy atom. The van der Waals surface area contributed by atoms with Crippen LogP contribution in [0.15, 0.2) is 42.5 Å². The highest BCUT2D eigenvalue weighted by Crippen LogP contribution is 2.27. The monoisotopic (exact) mass is 404 g/mol. The third-order valence-corrected chi connectivity index (χ3v) is 5.08. The summed E-state index contributed by atoms with van der Waals surface area (Å²) < 4.78 is 0. The van der Waals surface area contributed by atoms with Gasteiger partial charge in [-0.1, -0.05) is 35.3 Å². The minimum Gasteiger partial charge on any atom is -0.327 e. The van der Waals surface area contributed by atoms with Crippen LogP contribution in [0.5, 0.6) is 0 Å². The molecule has 27 heavy (non-hydrogen) atoms. The summed E-state index contributed by atoms with van der Waals surface area (Å²) in [7, 11) is 0. The van der Waals surface area contributed by atoms with E-state index in [4.69, 9.17) is 23.2 Å². The molecule has 1 heterocycles. The molecule has 1 aliphatic heterocycles. The van der Waals surface area contributed by atoms with Gasteiger partial charge in [-0.25, -0.2) is 0 Å². The molecule has 140 valence electrons. The Kier molecular flexibility index (Phi) is 5.82. The lowest BCUT2D eigenvalue weighted by molar-refractivity contribution is -0.119. The second-order valence-electron chi connectivity index (χ2n) is 6.41. The van der Waals surface area contributed by atoms with Crippen molar-refractivity contribution in [3.05, 3.63) is 63.6 Å². The SMILES string of the molecule is CC(=O)c1cccc(NC(=O)[C@H]2CCCN2C(=O)c2cc(Cl)ccc2Cl)c1. The maximum atomic E-state index is 12.9. The van der Waals surface area contributed by atoms with E-state index < -0.39 is 6.04 Å². The highest BCUT2D eigenvalue weighted by Gasteiger charge is 2.35. The van der Waals surface area contributed by atoms with Crippen molar-refractivity contribution >= 4 is 46.5 Å². The van der Waals surface area contributed by atoms with Gasteiger partial charge in [0.15, 0.2) is 5.78 Å². The van der Waals surface area contributed by atoms with Crippen LogP contribution in [0.3, 0.4) is 0 Å². The van der Waals surface area contributed by atoms with Crippen molar-refractivity contribution in [2.75, 3.05) is 11.9 Å². The second kappa shape index (κ2) is 8.11. The summed E-state index contributed by atoms with van der Waals surface area (Å²) in [5.74, 6) is -0.697. The molecule has 2 aromatic rings. The van der Waals surface area contributed by atoms with Gasteiger partial charge in [0.05, 0.1) is 10.6 Å². The van der Waals surface area contributed by atoms with E-state index in [2.05, 4.69) is 5.32 Å². The standard InChI is InChI=1S/C20H18Cl2N2O3/c1-12(25)13-4-2-5-15(10-13)23-19(26)18-6-3-9-24(18)20(27)16-11-14(21)7-8-17(16)22/h2,4-5,7-8,10-11,18H,3,6,9H2,1H3,(H,23,26)/t18-/m1/s1. The van der Waals surface area contributed by atoms with Gasteiger partial charge in [-0.3, -0.25) is 14.4 Å². The van der Waals surface area contributed by atoms with Gasteiger partial charge in [-0.15, -0.1) is 0 Å². The van der Waals surface area contributed by atoms with Gasteiger partial charge >= 0.3 is 0 Å². The number of rotatable bonds is 4. The van der Waals surface area contributed by atoms with Gasteiger partial charge in [0.1, 0.15) is 6.04 Å². The summed E-state index contributed by atoms with van der Waals surface area (Å²) in [4.78, 5) is 38.7. The van der Waals surface area contributed by atoms with Crippen LogP contribution < -0.4 is 5.32 Å². The Bertz CT molecular complexity index is 914. The van der Waals surface area contributed by atoms with Crippen LogP contribution >= 0.6 is 23.2 Å². The van der Waals surface area contributed by atoms with Gasteiger partial charge in [-0.05, 0) is 50.1 Å². The Morgan fingerprint density at radius 2 is 1.89 bits per heavy atom. The van der Waals surface area contributed by atoms with Crippen molar-refractivity contribution in [3.63, 3.8) is 0 Å². The number of nitrogens with one attached hydrogen (secondary N) is 1. The number of benzene rings is 2. The maximum Gasteiger partial charge on any atom is 0.256 e. The van der Waals surface area contributed by atoms with Crippen molar-refractivity contribution in [1.82, 2.24) is 4.90 Å². The molecule has 0 aliphatic carbocycles. The molecule has 0 spiro atoms. The third kappa shape index (κ3) is 4.31. The number of amides is 2. The van der Waals surface area contributed by atoms with E-state index in [9.17, 15) is 14.4 Å². The van der Waals surface area contributed by atoms with E-state index in [1.807, 2.05) is 0 Å². The predicted molar refractivity (Wildman–Crippen MR) is 106 cm³/mol. The van der Waals surface area contributed by atoms with Crippen molar-refractivity contribution < 1.29 is 14.4 Å². The number of hydrogen-bond acceptors (Lipinski definition) is 3. The van der Waals surface area contributed by atoms with Crippen LogP contribution in [0.4, 0.5) is 5.69 Å². The molecule has 0 radical (unpaired) electrons. The molecule has 0 saturated carbocycles. The fourth-order valence-electron chi connectivity index (χ4n) is 3.14. The first-order chi connectivity index (χ1) is 12.9. The van der Waals surface area contributed by atoms with E-state index in [0.29, 0.717) is 34.3 Å². The molecule has 2 amide bonds. The fourth-order valence-corrected chi connectivity index (χ4v) is 3.51. The molecule has 0 bridgehead atoms. The van der Waals surface area contributed by atoms with Gasteiger partial charge < -0.3 is 10.2 Å². The summed E-state index contributed by atoms with van der Waals surface area (Å²) >= 11 is 12.1. The third-order valence-electron chi connectivity index (χ3n) is 4.51. The first-order valence-corrected chi connectivity index (χ1v) is 9.30. The molecule has 1 saturated heterocycles. The highest BCUT2D eigenvalue weighted by molar-refractivity contribution is 6.35. The summed E-state index contributed by atoms with van der Waals surface area (Å²) in [5, 5.41) is 3.50. The lowest BCUT2D eigenvalue weighted by atomic mass is 10.1. The van der Waals surface area contributed by atoms with Crippen LogP contribution in [0, 0.1) is 0 Å². The highest BCUT2D eigenvalue weighted by atomic mass is 35.5. The number of anilines is 1. The summed E-state index contributed by atoms with van der Waals surface area (Å²) in [6, 6.07) is 10.8. The molecule has 1 atom stereocenters. The van der Waals surface area contributed by atoms with E-state index in [1.54, 1.807) is 36.4 Å². The van der Waals surface area contributed by atoms with Crippen molar-refractivity contribution in [1.29, 1.82) is 0 Å². The molecular weight excluding hydrogens is 387 g/mol. The number of likely N-dealkylation sites (tertiary alicyclic amines) is 1. The normalized spacial score (nSPS) is 16.3. The Morgan fingerprint density at radius 3 is 2.63 bits per heavy atom. The number of halogens is 2. The molecule has 0 unspecified atom stereocenters. The summed E-state index contributed by atoms with van der Waals surface area (Å²) in [5.41, 5.74) is 1.31. The van der Waals surface area contributed by atoms with Gasteiger partial charge in [0.2, 0.25) is 5.91 Å². The Hall–Kier alpha value is -2.37. The number of nitrogens with zero attached hydrogens (tertiary/aromatic N) is 1. The van der Waals surface area contributed by atoms with Crippen molar-refractivity contribution in [2.45, 2.75) is 25.8 Å². The Labute approximate surface area is 167 Å². The first-order valence-electron chi connectivity index (χ1n) is 8.54. The number of carbonyl (C=O) groups excluding carboxylic acids is 3. The zero-order valence-corrected chi connectivity index (χ0v) is 16.2. The molecule has 1 N–H and O–H groups in total. The molecule has 5 nitrogen and oxygen atoms in total. The zero-order valence-electron chi connectivity index (χ0n) is 14.7. The quantitative estimate of drug-likeness (QED) is 0.765. The number of hydrogen-bond donors (Lipinski definition) is 1. The number of carbonyl (C=O) groups is 3. The van der Waals surface area contributed by atoms with Crippen LogP contribution in [-0.4, -0.2) is 35.1 Å². The molecular formula is C20H18Cl2N2O3. The number of Topliss-reactive ketones (excluding diaryl/α,β-unsaturated/α-hetero) is 1. The molecule has 0 aromatic heterocycles. The number of ketones is 1. The topological polar surface area (TPSA) is 66.5 Å². The average Bonchev–Trinajstić information content (AvgIpc) is 3.13. The summed E-state index contributed by atoms with van der Waals surface area (Å²) in [6.07, 6.45) is 1.28. The maximum absolute atomic E-state index is 12.9. The molecule has 2 aromatic carbocycles. The average molecular weight is 405 g/mol. The summed E-state index contributed by atoms with van der Waals surface area (Å²) in [6.45, 7) is 1.93. The Balaban J connectivity index is 1.78. The van der Waals surface area contributed by atoms with Crippen molar-refractivity contribution in [3.8, 4) is 0 Å². The van der Waals surface area contributed by atoms with Crippen LogP contribution in [-0.2, 0) is 4.79 Å². The van der Waals surface area contributed by atoms with Crippen molar-refractivity contribution in [2.24, 2.45) is 0 Å². The van der Waals surface area contributed by atoms with Crippen LogP contribution in [0.25, 0.3) is 0 Å². The van der Waals surface area contributed by atoms with E-state index in [0.717, 1.165) is 6.42 Å². The zero-order chi connectivity index (χ0) is 19.6. The largest absolute Gasteiger partial charge is 0.327 e. The molecule has 1 fully saturated rings. The van der Waals surface area contributed by atoms with Crippen LogP contribution in [0.1, 0.15) is 40.5 Å². The van der Waals surface area contributed by atoms with Crippen LogP contribution in [0.2, 0.25) is 10.0 Å². The lowest BCUT2D eigenvalue weighted by Crippen LogP contribution is -2.43. The molecule has 7 heteroatoms. The first kappa shape index (κ1) is 19.4. The fraction of sp³-hybridized carbons (Fsp3) is 0.250. The minimum atomic E-state index is -0.603. The van der Waals surface area contributed by atoms with Gasteiger partial charge in [0, 0.05) is 22.8 Å². The van der Waals surface area contributed by atoms with Gasteiger partial charge in [0.25, 0.3) is 5.91 Å².